The Labute approximate surface area is 112 Å². The van der Waals surface area contributed by atoms with Crippen LogP contribution in [0.3, 0.4) is 0 Å². The van der Waals surface area contributed by atoms with Crippen LogP contribution in [0.4, 0.5) is 0 Å². The SMILES string of the molecule is CC(C)CNCC1CCC1N1CC(C)OCC1C. The number of nitrogens with one attached hydrogen (secondary N) is 1. The summed E-state index contributed by atoms with van der Waals surface area (Å²) in [7, 11) is 0. The number of ether oxygens (including phenoxy) is 1. The maximum atomic E-state index is 5.73. The third-order valence-corrected chi connectivity index (χ3v) is 4.42. The summed E-state index contributed by atoms with van der Waals surface area (Å²) in [4.78, 5) is 2.69. The molecule has 1 aliphatic carbocycles. The lowest BCUT2D eigenvalue weighted by Crippen LogP contribution is -2.59. The van der Waals surface area contributed by atoms with Crippen LogP contribution in [0.15, 0.2) is 0 Å². The van der Waals surface area contributed by atoms with Crippen molar-refractivity contribution in [1.29, 1.82) is 0 Å². The van der Waals surface area contributed by atoms with E-state index in [2.05, 4.69) is 37.9 Å². The van der Waals surface area contributed by atoms with Gasteiger partial charge in [0.25, 0.3) is 0 Å². The van der Waals surface area contributed by atoms with E-state index in [0.717, 1.165) is 37.6 Å². The van der Waals surface area contributed by atoms with Crippen molar-refractivity contribution >= 4 is 0 Å². The first-order chi connectivity index (χ1) is 8.58. The van der Waals surface area contributed by atoms with Crippen LogP contribution in [0.2, 0.25) is 0 Å². The van der Waals surface area contributed by atoms with Crippen LogP contribution >= 0.6 is 0 Å². The van der Waals surface area contributed by atoms with E-state index in [1.807, 2.05) is 0 Å². The topological polar surface area (TPSA) is 24.5 Å². The van der Waals surface area contributed by atoms with Gasteiger partial charge in [0.1, 0.15) is 0 Å². The first-order valence-corrected chi connectivity index (χ1v) is 7.66. The Bertz CT molecular complexity index is 257. The number of rotatable bonds is 5. The molecule has 4 unspecified atom stereocenters. The summed E-state index contributed by atoms with van der Waals surface area (Å²) in [6, 6.07) is 1.39. The maximum absolute atomic E-state index is 5.73. The average Bonchev–Trinajstić information content (AvgIpc) is 2.27. The Morgan fingerprint density at radius 2 is 2.06 bits per heavy atom. The third kappa shape index (κ3) is 3.46. The van der Waals surface area contributed by atoms with Gasteiger partial charge in [0.05, 0.1) is 12.7 Å². The highest BCUT2D eigenvalue weighted by Crippen LogP contribution is 2.34. The van der Waals surface area contributed by atoms with E-state index in [9.17, 15) is 0 Å². The first kappa shape index (κ1) is 14.3. The second-order valence-electron chi connectivity index (χ2n) is 6.65. The highest BCUT2D eigenvalue weighted by Gasteiger charge is 2.39. The van der Waals surface area contributed by atoms with Crippen molar-refractivity contribution in [3.8, 4) is 0 Å². The van der Waals surface area contributed by atoms with Crippen LogP contribution < -0.4 is 5.32 Å². The van der Waals surface area contributed by atoms with Gasteiger partial charge in [-0.3, -0.25) is 4.90 Å². The van der Waals surface area contributed by atoms with Crippen LogP contribution in [0, 0.1) is 11.8 Å². The highest BCUT2D eigenvalue weighted by molar-refractivity contribution is 4.93. The first-order valence-electron chi connectivity index (χ1n) is 7.66. The molecule has 1 saturated carbocycles. The van der Waals surface area contributed by atoms with Gasteiger partial charge in [-0.15, -0.1) is 0 Å². The zero-order chi connectivity index (χ0) is 13.1. The van der Waals surface area contributed by atoms with Gasteiger partial charge in [0, 0.05) is 18.6 Å². The summed E-state index contributed by atoms with van der Waals surface area (Å²) in [6.07, 6.45) is 3.19. The van der Waals surface area contributed by atoms with Crippen molar-refractivity contribution in [2.24, 2.45) is 11.8 Å². The van der Waals surface area contributed by atoms with E-state index in [0.29, 0.717) is 12.1 Å². The van der Waals surface area contributed by atoms with Gasteiger partial charge in [0.2, 0.25) is 0 Å². The molecular formula is C15H30N2O. The molecule has 1 N–H and O–H groups in total. The summed E-state index contributed by atoms with van der Waals surface area (Å²) < 4.78 is 5.73. The monoisotopic (exact) mass is 254 g/mol. The molecule has 3 nitrogen and oxygen atoms in total. The van der Waals surface area contributed by atoms with Crippen LogP contribution in [0.5, 0.6) is 0 Å². The van der Waals surface area contributed by atoms with Crippen molar-refractivity contribution < 1.29 is 4.74 Å². The largest absolute Gasteiger partial charge is 0.376 e. The molecule has 2 aliphatic rings. The molecule has 2 rings (SSSR count). The van der Waals surface area contributed by atoms with Crippen LogP contribution in [0.25, 0.3) is 0 Å². The molecule has 3 heteroatoms. The summed E-state index contributed by atoms with van der Waals surface area (Å²) in [5.41, 5.74) is 0. The van der Waals surface area contributed by atoms with Gasteiger partial charge >= 0.3 is 0 Å². The summed E-state index contributed by atoms with van der Waals surface area (Å²) in [5, 5.41) is 3.62. The predicted molar refractivity (Wildman–Crippen MR) is 75.8 cm³/mol. The molecule has 0 aromatic carbocycles. The molecule has 1 aliphatic heterocycles. The van der Waals surface area contributed by atoms with E-state index in [-0.39, 0.29) is 0 Å². The standard InChI is InChI=1S/C15H30N2O/c1-11(2)7-16-8-14-5-6-15(14)17-9-13(4)18-10-12(17)3/h11-16H,5-10H2,1-4H3. The minimum absolute atomic E-state index is 0.408. The Balaban J connectivity index is 1.78. The minimum Gasteiger partial charge on any atom is -0.376 e. The van der Waals surface area contributed by atoms with Crippen molar-refractivity contribution in [1.82, 2.24) is 10.2 Å². The number of nitrogens with zero attached hydrogens (tertiary/aromatic N) is 1. The van der Waals surface area contributed by atoms with Crippen LogP contribution in [-0.2, 0) is 4.74 Å². The number of hydrogen-bond acceptors (Lipinski definition) is 3. The second-order valence-corrected chi connectivity index (χ2v) is 6.65. The average molecular weight is 254 g/mol. The molecule has 0 bridgehead atoms. The Hall–Kier alpha value is -0.120. The maximum Gasteiger partial charge on any atom is 0.0674 e. The van der Waals surface area contributed by atoms with Gasteiger partial charge in [0.15, 0.2) is 0 Å². The molecular weight excluding hydrogens is 224 g/mol. The van der Waals surface area contributed by atoms with E-state index in [1.54, 1.807) is 0 Å². The zero-order valence-corrected chi connectivity index (χ0v) is 12.5. The molecule has 2 fully saturated rings. The summed E-state index contributed by atoms with van der Waals surface area (Å²) in [6.45, 7) is 13.4. The lowest BCUT2D eigenvalue weighted by atomic mass is 9.77. The summed E-state index contributed by atoms with van der Waals surface area (Å²) in [5.74, 6) is 1.61. The van der Waals surface area contributed by atoms with E-state index in [4.69, 9.17) is 4.74 Å². The van der Waals surface area contributed by atoms with E-state index >= 15 is 0 Å². The fourth-order valence-corrected chi connectivity index (χ4v) is 3.17. The van der Waals surface area contributed by atoms with Crippen molar-refractivity contribution in [2.75, 3.05) is 26.2 Å². The predicted octanol–water partition coefficient (Wildman–Crippen LogP) is 2.12. The molecule has 4 atom stereocenters. The number of hydrogen-bond donors (Lipinski definition) is 1. The van der Waals surface area contributed by atoms with Crippen molar-refractivity contribution in [3.63, 3.8) is 0 Å². The van der Waals surface area contributed by atoms with Gasteiger partial charge < -0.3 is 10.1 Å². The Morgan fingerprint density at radius 1 is 1.28 bits per heavy atom. The van der Waals surface area contributed by atoms with Gasteiger partial charge in [-0.25, -0.2) is 0 Å². The van der Waals surface area contributed by atoms with Crippen LogP contribution in [0.1, 0.15) is 40.5 Å². The lowest BCUT2D eigenvalue weighted by Gasteiger charge is -2.50. The number of morpholine rings is 1. The molecule has 0 aromatic rings. The molecule has 1 saturated heterocycles. The minimum atomic E-state index is 0.408. The molecule has 18 heavy (non-hydrogen) atoms. The molecule has 0 spiro atoms. The summed E-state index contributed by atoms with van der Waals surface area (Å²) >= 11 is 0. The van der Waals surface area contributed by atoms with Crippen LogP contribution in [-0.4, -0.2) is 49.3 Å². The van der Waals surface area contributed by atoms with Gasteiger partial charge in [-0.1, -0.05) is 13.8 Å². The second kappa shape index (κ2) is 6.36. The van der Waals surface area contributed by atoms with E-state index in [1.165, 1.54) is 19.4 Å². The molecule has 0 aromatic heterocycles. The highest BCUT2D eigenvalue weighted by atomic mass is 16.5. The van der Waals surface area contributed by atoms with Gasteiger partial charge in [-0.05, 0) is 51.6 Å². The smallest absolute Gasteiger partial charge is 0.0674 e. The normalized spacial score (nSPS) is 37.8. The Kier molecular flexibility index (Phi) is 5.05. The molecule has 106 valence electrons. The van der Waals surface area contributed by atoms with Gasteiger partial charge in [-0.2, -0.15) is 0 Å². The van der Waals surface area contributed by atoms with Crippen molar-refractivity contribution in [3.05, 3.63) is 0 Å². The third-order valence-electron chi connectivity index (χ3n) is 4.42. The lowest BCUT2D eigenvalue weighted by molar-refractivity contribution is -0.0925. The Morgan fingerprint density at radius 3 is 2.67 bits per heavy atom. The fourth-order valence-electron chi connectivity index (χ4n) is 3.17. The van der Waals surface area contributed by atoms with Crippen molar-refractivity contribution in [2.45, 2.75) is 58.7 Å². The zero-order valence-electron chi connectivity index (χ0n) is 12.5. The fraction of sp³-hybridized carbons (Fsp3) is 1.00. The molecule has 0 amide bonds. The molecule has 1 heterocycles. The van der Waals surface area contributed by atoms with E-state index < -0.39 is 0 Å². The molecule has 0 radical (unpaired) electrons. The quantitative estimate of drug-likeness (QED) is 0.813.